The normalized spacial score (nSPS) is 16.3. The summed E-state index contributed by atoms with van der Waals surface area (Å²) >= 11 is 0. The SMILES string of the molecule is CCCN1CCC(N=C(c2ccccc2)c2c(O)[nH]c3ccc(C(C)=O)cc23)CC1. The van der Waals surface area contributed by atoms with Crippen molar-refractivity contribution >= 4 is 22.4 Å². The van der Waals surface area contributed by atoms with E-state index in [0.29, 0.717) is 11.1 Å². The number of likely N-dealkylation sites (tertiary alicyclic amines) is 1. The minimum absolute atomic E-state index is 0.00466. The maximum absolute atomic E-state index is 11.9. The van der Waals surface area contributed by atoms with E-state index in [9.17, 15) is 9.90 Å². The van der Waals surface area contributed by atoms with Crippen molar-refractivity contribution in [1.29, 1.82) is 0 Å². The van der Waals surface area contributed by atoms with E-state index < -0.39 is 0 Å². The van der Waals surface area contributed by atoms with Gasteiger partial charge >= 0.3 is 0 Å². The second kappa shape index (κ2) is 8.84. The zero-order valence-electron chi connectivity index (χ0n) is 17.7. The fourth-order valence-electron chi connectivity index (χ4n) is 4.29. The lowest BCUT2D eigenvalue weighted by atomic mass is 9.98. The van der Waals surface area contributed by atoms with Gasteiger partial charge in [-0.05, 0) is 50.9 Å². The molecule has 0 aliphatic carbocycles. The predicted molar refractivity (Wildman–Crippen MR) is 122 cm³/mol. The number of carbonyl (C=O) groups excluding carboxylic acids is 1. The fourth-order valence-corrected chi connectivity index (χ4v) is 4.29. The largest absolute Gasteiger partial charge is 0.494 e. The van der Waals surface area contributed by atoms with Crippen molar-refractivity contribution < 1.29 is 9.90 Å². The van der Waals surface area contributed by atoms with Crippen LogP contribution in [-0.4, -0.2) is 52.2 Å². The lowest BCUT2D eigenvalue weighted by Gasteiger charge is -2.30. The van der Waals surface area contributed by atoms with Gasteiger partial charge in [0.2, 0.25) is 0 Å². The third-order valence-electron chi connectivity index (χ3n) is 5.88. The Balaban J connectivity index is 1.79. The summed E-state index contributed by atoms with van der Waals surface area (Å²) in [6, 6.07) is 15.7. The number of carbonyl (C=O) groups is 1. The van der Waals surface area contributed by atoms with E-state index in [1.54, 1.807) is 13.0 Å². The number of aromatic amines is 1. The van der Waals surface area contributed by atoms with Crippen molar-refractivity contribution in [3.05, 3.63) is 65.2 Å². The highest BCUT2D eigenvalue weighted by molar-refractivity contribution is 6.21. The number of rotatable bonds is 6. The molecule has 5 heteroatoms. The van der Waals surface area contributed by atoms with Gasteiger partial charge in [-0.2, -0.15) is 0 Å². The van der Waals surface area contributed by atoms with Gasteiger partial charge in [-0.25, -0.2) is 0 Å². The van der Waals surface area contributed by atoms with E-state index in [-0.39, 0.29) is 17.7 Å². The van der Waals surface area contributed by atoms with Crippen LogP contribution in [0.3, 0.4) is 0 Å². The average molecular weight is 404 g/mol. The van der Waals surface area contributed by atoms with Gasteiger partial charge in [0.05, 0.1) is 17.3 Å². The molecule has 0 amide bonds. The molecule has 30 heavy (non-hydrogen) atoms. The van der Waals surface area contributed by atoms with Crippen LogP contribution in [-0.2, 0) is 0 Å². The first-order valence-electron chi connectivity index (χ1n) is 10.8. The summed E-state index contributed by atoms with van der Waals surface area (Å²) in [4.78, 5) is 22.6. The second-order valence-electron chi connectivity index (χ2n) is 8.08. The van der Waals surface area contributed by atoms with Crippen LogP contribution in [0, 0.1) is 0 Å². The number of nitrogens with zero attached hydrogens (tertiary/aromatic N) is 2. The van der Waals surface area contributed by atoms with Crippen LogP contribution in [0.1, 0.15) is 54.6 Å². The number of Topliss-reactive ketones (excluding diaryl/α,β-unsaturated/α-hetero) is 1. The quantitative estimate of drug-likeness (QED) is 0.459. The maximum Gasteiger partial charge on any atom is 0.199 e. The van der Waals surface area contributed by atoms with Gasteiger partial charge in [0, 0.05) is 35.1 Å². The molecule has 2 aromatic carbocycles. The number of hydrogen-bond donors (Lipinski definition) is 2. The number of nitrogens with one attached hydrogen (secondary N) is 1. The Kier molecular flexibility index (Phi) is 6.00. The topological polar surface area (TPSA) is 68.7 Å². The van der Waals surface area contributed by atoms with Crippen LogP contribution in [0.15, 0.2) is 53.5 Å². The molecule has 0 spiro atoms. The van der Waals surface area contributed by atoms with Crippen LogP contribution < -0.4 is 0 Å². The Labute approximate surface area is 177 Å². The minimum Gasteiger partial charge on any atom is -0.494 e. The third kappa shape index (κ3) is 4.17. The number of aromatic nitrogens is 1. The van der Waals surface area contributed by atoms with Gasteiger partial charge in [-0.3, -0.25) is 9.79 Å². The lowest BCUT2D eigenvalue weighted by molar-refractivity contribution is 0.101. The standard InChI is InChI=1S/C25H29N3O2/c1-3-13-28-14-11-20(12-15-28)26-24(18-7-5-4-6-8-18)23-21-16-19(17(2)29)9-10-22(21)27-25(23)30/h4-10,16,20,27,30H,3,11-15H2,1-2H3. The first-order valence-corrected chi connectivity index (χ1v) is 10.8. The summed E-state index contributed by atoms with van der Waals surface area (Å²) in [5.41, 5.74) is 3.86. The van der Waals surface area contributed by atoms with E-state index in [0.717, 1.165) is 54.7 Å². The number of aliphatic imine (C=N–C) groups is 1. The number of fused-ring (bicyclic) bond motifs is 1. The van der Waals surface area contributed by atoms with Gasteiger partial charge in [0.15, 0.2) is 11.7 Å². The van der Waals surface area contributed by atoms with Gasteiger partial charge < -0.3 is 15.0 Å². The van der Waals surface area contributed by atoms with Crippen LogP contribution in [0.2, 0.25) is 0 Å². The minimum atomic E-state index is 0.00466. The van der Waals surface area contributed by atoms with Crippen molar-refractivity contribution in [2.75, 3.05) is 19.6 Å². The highest BCUT2D eigenvalue weighted by Gasteiger charge is 2.23. The Morgan fingerprint density at radius 2 is 1.87 bits per heavy atom. The van der Waals surface area contributed by atoms with Crippen molar-refractivity contribution in [2.45, 2.75) is 39.2 Å². The van der Waals surface area contributed by atoms with Gasteiger partial charge in [0.25, 0.3) is 0 Å². The van der Waals surface area contributed by atoms with Crippen LogP contribution in [0.25, 0.3) is 10.9 Å². The molecule has 156 valence electrons. The molecule has 0 atom stereocenters. The van der Waals surface area contributed by atoms with Crippen molar-refractivity contribution in [2.24, 2.45) is 4.99 Å². The summed E-state index contributed by atoms with van der Waals surface area (Å²) in [5.74, 6) is 0.0989. The Morgan fingerprint density at radius 3 is 2.53 bits per heavy atom. The monoisotopic (exact) mass is 403 g/mol. The van der Waals surface area contributed by atoms with Crippen molar-refractivity contribution in [1.82, 2.24) is 9.88 Å². The first-order chi connectivity index (χ1) is 14.6. The van der Waals surface area contributed by atoms with E-state index in [1.807, 2.05) is 42.5 Å². The molecule has 0 unspecified atom stereocenters. The molecule has 2 N–H and O–H groups in total. The number of ketones is 1. The molecule has 4 rings (SSSR count). The summed E-state index contributed by atoms with van der Waals surface area (Å²) in [5, 5.41) is 11.6. The fraction of sp³-hybridized carbons (Fsp3) is 0.360. The highest BCUT2D eigenvalue weighted by atomic mass is 16.3. The molecular formula is C25H29N3O2. The van der Waals surface area contributed by atoms with Crippen LogP contribution in [0.4, 0.5) is 0 Å². The molecule has 0 saturated carbocycles. The molecule has 2 heterocycles. The average Bonchev–Trinajstić information content (AvgIpc) is 3.09. The first kappa shape index (κ1) is 20.4. The van der Waals surface area contributed by atoms with E-state index in [2.05, 4.69) is 16.8 Å². The zero-order valence-corrected chi connectivity index (χ0v) is 17.7. The molecule has 1 aromatic heterocycles. The number of aromatic hydroxyl groups is 1. The predicted octanol–water partition coefficient (Wildman–Crippen LogP) is 4.79. The Bertz CT molecular complexity index is 1060. The molecule has 1 saturated heterocycles. The Morgan fingerprint density at radius 1 is 1.13 bits per heavy atom. The zero-order chi connectivity index (χ0) is 21.1. The van der Waals surface area contributed by atoms with E-state index >= 15 is 0 Å². The molecule has 5 nitrogen and oxygen atoms in total. The maximum atomic E-state index is 11.9. The van der Waals surface area contributed by atoms with Crippen LogP contribution >= 0.6 is 0 Å². The van der Waals surface area contributed by atoms with Crippen molar-refractivity contribution in [3.63, 3.8) is 0 Å². The van der Waals surface area contributed by atoms with E-state index in [1.165, 1.54) is 6.42 Å². The molecule has 1 aliphatic rings. The number of benzene rings is 2. The Hall–Kier alpha value is -2.92. The third-order valence-corrected chi connectivity index (χ3v) is 5.88. The molecular weight excluding hydrogens is 374 g/mol. The smallest absolute Gasteiger partial charge is 0.199 e. The van der Waals surface area contributed by atoms with Gasteiger partial charge in [-0.15, -0.1) is 0 Å². The van der Waals surface area contributed by atoms with Crippen molar-refractivity contribution in [3.8, 4) is 5.88 Å². The summed E-state index contributed by atoms with van der Waals surface area (Å²) in [7, 11) is 0. The molecule has 0 radical (unpaired) electrons. The summed E-state index contributed by atoms with van der Waals surface area (Å²) in [6.45, 7) is 7.02. The van der Waals surface area contributed by atoms with Gasteiger partial charge in [-0.1, -0.05) is 37.3 Å². The molecule has 3 aromatic rings. The summed E-state index contributed by atoms with van der Waals surface area (Å²) in [6.07, 6.45) is 3.20. The number of H-pyrrole nitrogens is 1. The van der Waals surface area contributed by atoms with Gasteiger partial charge in [0.1, 0.15) is 0 Å². The molecule has 0 bridgehead atoms. The lowest BCUT2D eigenvalue weighted by Crippen LogP contribution is -2.36. The number of piperidine rings is 1. The second-order valence-corrected chi connectivity index (χ2v) is 8.08. The summed E-state index contributed by atoms with van der Waals surface area (Å²) < 4.78 is 0. The van der Waals surface area contributed by atoms with E-state index in [4.69, 9.17) is 4.99 Å². The molecule has 1 aliphatic heterocycles. The number of hydrogen-bond acceptors (Lipinski definition) is 4. The molecule has 1 fully saturated rings. The highest BCUT2D eigenvalue weighted by Crippen LogP contribution is 2.32. The van der Waals surface area contributed by atoms with Crippen LogP contribution in [0.5, 0.6) is 5.88 Å².